The van der Waals surface area contributed by atoms with Crippen LogP contribution in [0.4, 0.5) is 0 Å². The summed E-state index contributed by atoms with van der Waals surface area (Å²) in [5.74, 6) is -3.91. The number of amides is 2. The van der Waals surface area contributed by atoms with Crippen LogP contribution in [0.25, 0.3) is 0 Å². The molecule has 0 radical (unpaired) electrons. The minimum atomic E-state index is -1.38. The van der Waals surface area contributed by atoms with Gasteiger partial charge in [0, 0.05) is 19.0 Å². The topological polar surface area (TPSA) is 187 Å². The molecule has 0 spiro atoms. The number of nitrogens with zero attached hydrogens (tertiary/aromatic N) is 1. The molecule has 0 aliphatic carbocycles. The Kier molecular flexibility index (Phi) is 7.36. The quantitative estimate of drug-likeness (QED) is 0.277. The molecular formula is C13H19N5O6. The summed E-state index contributed by atoms with van der Waals surface area (Å²) in [5.41, 5.74) is 5.68. The molecule has 0 saturated heterocycles. The zero-order valence-electron chi connectivity index (χ0n) is 12.7. The molecule has 1 aromatic rings. The summed E-state index contributed by atoms with van der Waals surface area (Å²) in [6, 6.07) is -2.47. The smallest absolute Gasteiger partial charge is 0.326 e. The molecule has 7 N–H and O–H groups in total. The molecule has 0 aromatic carbocycles. The molecule has 24 heavy (non-hydrogen) atoms. The van der Waals surface area contributed by atoms with Gasteiger partial charge in [-0.15, -0.1) is 0 Å². The van der Waals surface area contributed by atoms with Gasteiger partial charge >= 0.3 is 11.9 Å². The number of nitrogens with two attached hydrogens (primary N) is 1. The Hall–Kier alpha value is -2.95. The van der Waals surface area contributed by atoms with Crippen molar-refractivity contribution in [3.8, 4) is 0 Å². The zero-order valence-corrected chi connectivity index (χ0v) is 12.7. The van der Waals surface area contributed by atoms with Crippen LogP contribution in [0.5, 0.6) is 0 Å². The van der Waals surface area contributed by atoms with Gasteiger partial charge in [-0.25, -0.2) is 9.78 Å². The maximum Gasteiger partial charge on any atom is 0.326 e. The predicted octanol–water partition coefficient (Wildman–Crippen LogP) is -2.17. The summed E-state index contributed by atoms with van der Waals surface area (Å²) in [4.78, 5) is 52.0. The van der Waals surface area contributed by atoms with Gasteiger partial charge in [-0.1, -0.05) is 0 Å². The molecule has 1 rings (SSSR count). The highest BCUT2D eigenvalue weighted by atomic mass is 16.4. The van der Waals surface area contributed by atoms with Crippen molar-refractivity contribution < 1.29 is 29.4 Å². The first-order chi connectivity index (χ1) is 11.3. The molecule has 0 saturated carbocycles. The highest BCUT2D eigenvalue weighted by Crippen LogP contribution is 2.03. The number of rotatable bonds is 10. The highest BCUT2D eigenvalue weighted by Gasteiger charge is 2.27. The van der Waals surface area contributed by atoms with E-state index < -0.39 is 42.3 Å². The maximum atomic E-state index is 12.3. The number of carbonyl (C=O) groups is 4. The van der Waals surface area contributed by atoms with E-state index in [4.69, 9.17) is 15.9 Å². The van der Waals surface area contributed by atoms with Crippen molar-refractivity contribution in [3.05, 3.63) is 18.2 Å². The van der Waals surface area contributed by atoms with Crippen LogP contribution in [0.1, 0.15) is 18.5 Å². The number of H-pyrrole nitrogens is 1. The molecule has 0 bridgehead atoms. The van der Waals surface area contributed by atoms with E-state index in [1.165, 1.54) is 12.5 Å². The third kappa shape index (κ3) is 6.44. The normalized spacial score (nSPS) is 12.9. The van der Waals surface area contributed by atoms with Crippen LogP contribution in [0.2, 0.25) is 0 Å². The lowest BCUT2D eigenvalue weighted by Gasteiger charge is -2.20. The molecule has 0 unspecified atom stereocenters. The average Bonchev–Trinajstić information content (AvgIpc) is 3.02. The van der Waals surface area contributed by atoms with Crippen LogP contribution < -0.4 is 16.4 Å². The van der Waals surface area contributed by atoms with Gasteiger partial charge in [-0.05, 0) is 6.42 Å². The van der Waals surface area contributed by atoms with Crippen molar-refractivity contribution in [2.45, 2.75) is 31.3 Å². The number of aromatic amines is 1. The van der Waals surface area contributed by atoms with E-state index in [0.29, 0.717) is 5.69 Å². The fourth-order valence-corrected chi connectivity index (χ4v) is 1.87. The van der Waals surface area contributed by atoms with Crippen molar-refractivity contribution in [2.75, 3.05) is 6.54 Å². The number of carboxylic acids is 2. The van der Waals surface area contributed by atoms with E-state index in [1.54, 1.807) is 0 Å². The largest absolute Gasteiger partial charge is 0.481 e. The van der Waals surface area contributed by atoms with Gasteiger partial charge in [-0.2, -0.15) is 0 Å². The monoisotopic (exact) mass is 341 g/mol. The Balaban J connectivity index is 2.78. The molecule has 1 aromatic heterocycles. The molecule has 0 fully saturated rings. The van der Waals surface area contributed by atoms with E-state index in [-0.39, 0.29) is 19.4 Å². The lowest BCUT2D eigenvalue weighted by Crippen LogP contribution is -2.53. The third-order valence-electron chi connectivity index (χ3n) is 3.07. The van der Waals surface area contributed by atoms with Crippen molar-refractivity contribution in [1.29, 1.82) is 0 Å². The summed E-state index contributed by atoms with van der Waals surface area (Å²) in [5, 5.41) is 22.3. The SMILES string of the molecule is NCC(=O)N[C@@H](Cc1c[nH]cn1)C(=O)N[C@@H](CCC(=O)O)C(=O)O. The molecule has 11 nitrogen and oxygen atoms in total. The number of carbonyl (C=O) groups excluding carboxylic acids is 2. The number of hydrogen-bond donors (Lipinski definition) is 6. The first-order valence-electron chi connectivity index (χ1n) is 7.05. The fourth-order valence-electron chi connectivity index (χ4n) is 1.87. The van der Waals surface area contributed by atoms with Gasteiger partial charge in [0.2, 0.25) is 11.8 Å². The van der Waals surface area contributed by atoms with E-state index in [0.717, 1.165) is 0 Å². The van der Waals surface area contributed by atoms with Gasteiger partial charge in [0.25, 0.3) is 0 Å². The van der Waals surface area contributed by atoms with Crippen molar-refractivity contribution in [2.24, 2.45) is 5.73 Å². The standard InChI is InChI=1S/C13H19N5O6/c14-4-10(19)17-9(3-7-5-15-6-16-7)12(22)18-8(13(23)24)1-2-11(20)21/h5-6,8-9H,1-4,14H2,(H,15,16)(H,17,19)(H,18,22)(H,20,21)(H,23,24)/t8-,9-/m0/s1. The molecule has 2 atom stereocenters. The number of nitrogens with one attached hydrogen (secondary N) is 3. The summed E-state index contributed by atoms with van der Waals surface area (Å²) in [6.45, 7) is -0.342. The van der Waals surface area contributed by atoms with Crippen LogP contribution >= 0.6 is 0 Å². The molecular weight excluding hydrogens is 322 g/mol. The first kappa shape index (κ1) is 19.1. The lowest BCUT2D eigenvalue weighted by atomic mass is 10.1. The third-order valence-corrected chi connectivity index (χ3v) is 3.07. The number of hydrogen-bond acceptors (Lipinski definition) is 6. The van der Waals surface area contributed by atoms with Gasteiger partial charge in [0.05, 0.1) is 18.6 Å². The average molecular weight is 341 g/mol. The van der Waals surface area contributed by atoms with Crippen LogP contribution in [0.3, 0.4) is 0 Å². The molecule has 0 aliphatic rings. The van der Waals surface area contributed by atoms with Gasteiger partial charge in [-0.3, -0.25) is 14.4 Å². The Labute approximate surface area is 136 Å². The summed E-state index contributed by atoms with van der Waals surface area (Å²) < 4.78 is 0. The number of imidazole rings is 1. The molecule has 0 aliphatic heterocycles. The Morgan fingerprint density at radius 3 is 2.42 bits per heavy atom. The molecule has 1 heterocycles. The Morgan fingerprint density at radius 1 is 1.21 bits per heavy atom. The van der Waals surface area contributed by atoms with Crippen molar-refractivity contribution in [3.63, 3.8) is 0 Å². The van der Waals surface area contributed by atoms with E-state index in [2.05, 4.69) is 20.6 Å². The number of aliphatic carboxylic acids is 2. The minimum absolute atomic E-state index is 0.0202. The second-order valence-electron chi connectivity index (χ2n) is 4.92. The van der Waals surface area contributed by atoms with E-state index in [1.807, 2.05) is 0 Å². The molecule has 132 valence electrons. The van der Waals surface area contributed by atoms with Crippen molar-refractivity contribution in [1.82, 2.24) is 20.6 Å². The van der Waals surface area contributed by atoms with Crippen LogP contribution in [0, 0.1) is 0 Å². The second-order valence-corrected chi connectivity index (χ2v) is 4.92. The fraction of sp³-hybridized carbons (Fsp3) is 0.462. The summed E-state index contributed by atoms with van der Waals surface area (Å²) in [7, 11) is 0. The Morgan fingerprint density at radius 2 is 1.92 bits per heavy atom. The maximum absolute atomic E-state index is 12.3. The minimum Gasteiger partial charge on any atom is -0.481 e. The molecule has 11 heteroatoms. The number of aromatic nitrogens is 2. The van der Waals surface area contributed by atoms with E-state index in [9.17, 15) is 19.2 Å². The summed E-state index contributed by atoms with van der Waals surface area (Å²) >= 11 is 0. The highest BCUT2D eigenvalue weighted by molar-refractivity contribution is 5.91. The second kappa shape index (κ2) is 9.25. The van der Waals surface area contributed by atoms with E-state index >= 15 is 0 Å². The summed E-state index contributed by atoms with van der Waals surface area (Å²) in [6.07, 6.45) is 2.23. The Bertz CT molecular complexity index is 588. The van der Waals surface area contributed by atoms with Crippen LogP contribution in [-0.2, 0) is 25.6 Å². The lowest BCUT2D eigenvalue weighted by molar-refractivity contribution is -0.143. The van der Waals surface area contributed by atoms with Crippen molar-refractivity contribution >= 4 is 23.8 Å². The van der Waals surface area contributed by atoms with Gasteiger partial charge < -0.3 is 31.6 Å². The van der Waals surface area contributed by atoms with Crippen LogP contribution in [0.15, 0.2) is 12.5 Å². The zero-order chi connectivity index (χ0) is 18.1. The van der Waals surface area contributed by atoms with Gasteiger partial charge in [0.1, 0.15) is 12.1 Å². The predicted molar refractivity (Wildman–Crippen MR) is 79.7 cm³/mol. The van der Waals surface area contributed by atoms with Gasteiger partial charge in [0.15, 0.2) is 0 Å². The first-order valence-corrected chi connectivity index (χ1v) is 7.05. The molecule has 2 amide bonds. The number of carboxylic acid groups (broad SMARTS) is 2. The van der Waals surface area contributed by atoms with Crippen LogP contribution in [-0.4, -0.2) is 62.6 Å².